The summed E-state index contributed by atoms with van der Waals surface area (Å²) in [6.45, 7) is 6.38. The van der Waals surface area contributed by atoms with E-state index in [4.69, 9.17) is 0 Å². The minimum atomic E-state index is 0.0174. The second-order valence-corrected chi connectivity index (χ2v) is 4.59. The lowest BCUT2D eigenvalue weighted by atomic mass is 9.91. The summed E-state index contributed by atoms with van der Waals surface area (Å²) in [6.07, 6.45) is 4.16. The lowest BCUT2D eigenvalue weighted by molar-refractivity contribution is 0.143. The summed E-state index contributed by atoms with van der Waals surface area (Å²) >= 11 is 0. The van der Waals surface area contributed by atoms with Crippen molar-refractivity contribution in [3.8, 4) is 0 Å². The van der Waals surface area contributed by atoms with E-state index in [2.05, 4.69) is 17.1 Å². The van der Waals surface area contributed by atoms with E-state index in [0.717, 1.165) is 26.2 Å². The van der Waals surface area contributed by atoms with Crippen molar-refractivity contribution < 1.29 is 10.2 Å². The largest absolute Gasteiger partial charge is 0.508 e. The minimum Gasteiger partial charge on any atom is -0.508 e. The minimum absolute atomic E-state index is 0.0174. The third kappa shape index (κ3) is 2.39. The lowest BCUT2D eigenvalue weighted by Gasteiger charge is -2.37. The maximum Gasteiger partial charge on any atom is 0.152 e. The first-order valence-corrected chi connectivity index (χ1v) is 5.92. The van der Waals surface area contributed by atoms with Crippen LogP contribution in [0, 0.1) is 5.92 Å². The van der Waals surface area contributed by atoms with Gasteiger partial charge in [0.2, 0.25) is 0 Å². The van der Waals surface area contributed by atoms with Crippen LogP contribution in [0.15, 0.2) is 23.7 Å². The highest BCUT2D eigenvalue weighted by Crippen LogP contribution is 2.25. The summed E-state index contributed by atoms with van der Waals surface area (Å²) in [5.74, 6) is 0.437. The molecule has 0 aromatic rings. The monoisotopic (exact) mass is 224 g/mol. The fourth-order valence-corrected chi connectivity index (χ4v) is 2.40. The summed E-state index contributed by atoms with van der Waals surface area (Å²) < 4.78 is 0. The van der Waals surface area contributed by atoms with E-state index in [0.29, 0.717) is 18.4 Å². The molecule has 1 fully saturated rings. The van der Waals surface area contributed by atoms with Gasteiger partial charge >= 0.3 is 0 Å². The first-order valence-electron chi connectivity index (χ1n) is 5.92. The molecule has 0 aromatic carbocycles. The molecular weight excluding hydrogens is 204 g/mol. The maximum atomic E-state index is 9.54. The molecule has 2 atom stereocenters. The summed E-state index contributed by atoms with van der Waals surface area (Å²) in [5.41, 5.74) is 0. The van der Waals surface area contributed by atoms with E-state index in [1.54, 1.807) is 6.08 Å². The maximum absolute atomic E-state index is 9.54. The smallest absolute Gasteiger partial charge is 0.152 e. The van der Waals surface area contributed by atoms with Gasteiger partial charge in [-0.15, -0.1) is 0 Å². The fourth-order valence-electron chi connectivity index (χ4n) is 2.40. The third-order valence-electron chi connectivity index (χ3n) is 3.57. The predicted molar refractivity (Wildman–Crippen MR) is 63.4 cm³/mol. The first kappa shape index (κ1) is 11.5. The van der Waals surface area contributed by atoms with Gasteiger partial charge in [0.1, 0.15) is 5.76 Å². The van der Waals surface area contributed by atoms with Crippen LogP contribution in [-0.2, 0) is 0 Å². The van der Waals surface area contributed by atoms with Crippen molar-refractivity contribution in [1.82, 2.24) is 10.2 Å². The Morgan fingerprint density at radius 3 is 2.69 bits per heavy atom. The number of aliphatic hydroxyl groups excluding tert-OH is 2. The second-order valence-electron chi connectivity index (χ2n) is 4.59. The molecule has 2 rings (SSSR count). The number of allylic oxidation sites excluding steroid dienone is 2. The van der Waals surface area contributed by atoms with Crippen molar-refractivity contribution in [1.29, 1.82) is 0 Å². The molecule has 0 amide bonds. The van der Waals surface area contributed by atoms with Gasteiger partial charge in [0, 0.05) is 38.6 Å². The van der Waals surface area contributed by atoms with Crippen LogP contribution >= 0.6 is 0 Å². The van der Waals surface area contributed by atoms with E-state index in [1.807, 2.05) is 6.08 Å². The number of rotatable bonds is 2. The van der Waals surface area contributed by atoms with Crippen molar-refractivity contribution >= 4 is 0 Å². The molecule has 0 spiro atoms. The standard InChI is InChI=1S/C12H20N2O2/c1-9(14-6-4-13-5-7-14)10-2-3-11(15)12(16)8-10/h2-3,9-10,13,15-16H,4-8H2,1H3/t9?,10-/m0/s1. The van der Waals surface area contributed by atoms with Crippen molar-refractivity contribution in [2.45, 2.75) is 19.4 Å². The van der Waals surface area contributed by atoms with Crippen molar-refractivity contribution in [3.63, 3.8) is 0 Å². The molecule has 0 radical (unpaired) electrons. The van der Waals surface area contributed by atoms with Gasteiger partial charge in [-0.2, -0.15) is 0 Å². The fraction of sp³-hybridized carbons (Fsp3) is 0.667. The Kier molecular flexibility index (Phi) is 3.51. The number of hydrogen-bond donors (Lipinski definition) is 3. The number of hydrogen-bond acceptors (Lipinski definition) is 4. The van der Waals surface area contributed by atoms with Gasteiger partial charge in [-0.1, -0.05) is 6.08 Å². The molecule has 1 aliphatic heterocycles. The molecule has 1 aliphatic carbocycles. The normalized spacial score (nSPS) is 29.4. The number of aliphatic hydroxyl groups is 2. The molecule has 1 heterocycles. The number of nitrogens with zero attached hydrogens (tertiary/aromatic N) is 1. The van der Waals surface area contributed by atoms with Crippen molar-refractivity contribution in [2.24, 2.45) is 5.92 Å². The van der Waals surface area contributed by atoms with Gasteiger partial charge in [0.15, 0.2) is 5.76 Å². The van der Waals surface area contributed by atoms with E-state index in [9.17, 15) is 10.2 Å². The third-order valence-corrected chi connectivity index (χ3v) is 3.57. The zero-order valence-corrected chi connectivity index (χ0v) is 9.69. The molecule has 1 saturated heterocycles. The van der Waals surface area contributed by atoms with Crippen LogP contribution in [0.25, 0.3) is 0 Å². The summed E-state index contributed by atoms with van der Waals surface area (Å²) in [7, 11) is 0. The zero-order chi connectivity index (χ0) is 11.5. The second kappa shape index (κ2) is 4.89. The molecule has 2 aliphatic rings. The molecule has 0 bridgehead atoms. The summed E-state index contributed by atoms with van der Waals surface area (Å²) in [4.78, 5) is 2.43. The molecule has 3 N–H and O–H groups in total. The lowest BCUT2D eigenvalue weighted by Crippen LogP contribution is -2.49. The van der Waals surface area contributed by atoms with Gasteiger partial charge in [-0.3, -0.25) is 4.90 Å². The van der Waals surface area contributed by atoms with Crippen LogP contribution in [0.3, 0.4) is 0 Å². The molecule has 4 nitrogen and oxygen atoms in total. The SMILES string of the molecule is CC([C@H]1C=CC(O)=C(O)C1)N1CCNCC1. The van der Waals surface area contributed by atoms with Gasteiger partial charge in [0.05, 0.1) is 0 Å². The number of piperazine rings is 1. The Hall–Kier alpha value is -1.00. The van der Waals surface area contributed by atoms with Crippen LogP contribution in [-0.4, -0.2) is 47.3 Å². The van der Waals surface area contributed by atoms with Gasteiger partial charge in [-0.05, 0) is 18.9 Å². The Morgan fingerprint density at radius 2 is 2.06 bits per heavy atom. The average Bonchev–Trinajstić information content (AvgIpc) is 2.33. The highest BCUT2D eigenvalue weighted by Gasteiger charge is 2.26. The van der Waals surface area contributed by atoms with Crippen LogP contribution in [0.2, 0.25) is 0 Å². The zero-order valence-electron chi connectivity index (χ0n) is 9.69. The van der Waals surface area contributed by atoms with E-state index < -0.39 is 0 Å². The highest BCUT2D eigenvalue weighted by molar-refractivity contribution is 5.21. The molecule has 0 saturated carbocycles. The Labute approximate surface area is 96.3 Å². The average molecular weight is 224 g/mol. The molecule has 0 aromatic heterocycles. The van der Waals surface area contributed by atoms with E-state index in [-0.39, 0.29) is 11.5 Å². The van der Waals surface area contributed by atoms with Crippen LogP contribution in [0.1, 0.15) is 13.3 Å². The Balaban J connectivity index is 1.96. The van der Waals surface area contributed by atoms with Crippen molar-refractivity contribution in [3.05, 3.63) is 23.7 Å². The molecular formula is C12H20N2O2. The van der Waals surface area contributed by atoms with Crippen LogP contribution < -0.4 is 5.32 Å². The van der Waals surface area contributed by atoms with E-state index in [1.165, 1.54) is 0 Å². The Bertz CT molecular complexity index is 306. The topological polar surface area (TPSA) is 55.7 Å². The van der Waals surface area contributed by atoms with Gasteiger partial charge in [-0.25, -0.2) is 0 Å². The molecule has 90 valence electrons. The first-order chi connectivity index (χ1) is 7.68. The predicted octanol–water partition coefficient (Wildman–Crippen LogP) is 1.18. The van der Waals surface area contributed by atoms with Gasteiger partial charge in [0.25, 0.3) is 0 Å². The van der Waals surface area contributed by atoms with Gasteiger partial charge < -0.3 is 15.5 Å². The van der Waals surface area contributed by atoms with Crippen LogP contribution in [0.5, 0.6) is 0 Å². The quantitative estimate of drug-likeness (QED) is 0.659. The summed E-state index contributed by atoms with van der Waals surface area (Å²) in [6, 6.07) is 0.411. The molecule has 16 heavy (non-hydrogen) atoms. The number of nitrogens with one attached hydrogen (secondary N) is 1. The highest BCUT2D eigenvalue weighted by atomic mass is 16.3. The van der Waals surface area contributed by atoms with Crippen LogP contribution in [0.4, 0.5) is 0 Å². The summed E-state index contributed by atoms with van der Waals surface area (Å²) in [5, 5.41) is 22.2. The Morgan fingerprint density at radius 1 is 1.38 bits per heavy atom. The molecule has 1 unspecified atom stereocenters. The van der Waals surface area contributed by atoms with Crippen molar-refractivity contribution in [2.75, 3.05) is 26.2 Å². The molecule has 4 heteroatoms. The van der Waals surface area contributed by atoms with E-state index >= 15 is 0 Å².